The van der Waals surface area contributed by atoms with Crippen molar-refractivity contribution in [3.8, 4) is 5.75 Å². The molecule has 3 heterocycles. The number of aromatic nitrogens is 3. The Kier molecular flexibility index (Phi) is 5.09. The molecule has 1 atom stereocenters. The van der Waals surface area contributed by atoms with Crippen LogP contribution in [-0.2, 0) is 6.61 Å². The zero-order valence-electron chi connectivity index (χ0n) is 14.8. The summed E-state index contributed by atoms with van der Waals surface area (Å²) in [7, 11) is 0. The largest absolute Gasteiger partial charge is 0.484 e. The summed E-state index contributed by atoms with van der Waals surface area (Å²) >= 11 is 0. The highest BCUT2D eigenvalue weighted by molar-refractivity contribution is 5.93. The second-order valence-corrected chi connectivity index (χ2v) is 6.48. The zero-order chi connectivity index (χ0) is 18.5. The lowest BCUT2D eigenvalue weighted by Gasteiger charge is -2.31. The summed E-state index contributed by atoms with van der Waals surface area (Å²) in [5.41, 5.74) is 0.600. The van der Waals surface area contributed by atoms with Crippen LogP contribution in [0.5, 0.6) is 5.75 Å². The molecule has 0 bridgehead atoms. The number of ether oxygens (including phenoxy) is 1. The molecule has 0 spiro atoms. The summed E-state index contributed by atoms with van der Waals surface area (Å²) in [6.07, 6.45) is 5.09. The molecule has 3 aromatic rings. The fourth-order valence-electron chi connectivity index (χ4n) is 3.20. The molecule has 0 N–H and O–H groups in total. The van der Waals surface area contributed by atoms with E-state index in [9.17, 15) is 4.79 Å². The summed E-state index contributed by atoms with van der Waals surface area (Å²) in [5.74, 6) is 1.87. The standard InChI is InChI=1S/C20H20N4O3/c25-20(15-6-4-10-21-12-15)24-11-5-7-16(13-24)19-22-18(27-23-19)14-26-17-8-2-1-3-9-17/h1-4,6,8-10,12,16H,5,7,11,13-14H2. The number of hydrogen-bond donors (Lipinski definition) is 0. The lowest BCUT2D eigenvalue weighted by molar-refractivity contribution is 0.0703. The first-order chi connectivity index (χ1) is 13.3. The van der Waals surface area contributed by atoms with Gasteiger partial charge in [-0.3, -0.25) is 9.78 Å². The maximum atomic E-state index is 12.6. The number of benzene rings is 1. The van der Waals surface area contributed by atoms with Crippen molar-refractivity contribution in [3.63, 3.8) is 0 Å². The highest BCUT2D eigenvalue weighted by Crippen LogP contribution is 2.26. The van der Waals surface area contributed by atoms with E-state index in [1.807, 2.05) is 35.2 Å². The van der Waals surface area contributed by atoms with Crippen LogP contribution in [-0.4, -0.2) is 39.0 Å². The summed E-state index contributed by atoms with van der Waals surface area (Å²) in [6.45, 7) is 1.53. The van der Waals surface area contributed by atoms with Crippen molar-refractivity contribution in [1.82, 2.24) is 20.0 Å². The van der Waals surface area contributed by atoms with Crippen molar-refractivity contribution in [1.29, 1.82) is 0 Å². The first-order valence-corrected chi connectivity index (χ1v) is 8.99. The lowest BCUT2D eigenvalue weighted by atomic mass is 9.97. The first kappa shape index (κ1) is 17.2. The molecule has 4 rings (SSSR count). The van der Waals surface area contributed by atoms with Gasteiger partial charge in [-0.05, 0) is 37.1 Å². The Morgan fingerprint density at radius 2 is 2.11 bits per heavy atom. The van der Waals surface area contributed by atoms with Crippen molar-refractivity contribution < 1.29 is 14.1 Å². The third-order valence-electron chi connectivity index (χ3n) is 4.57. The molecule has 1 saturated heterocycles. The summed E-state index contributed by atoms with van der Waals surface area (Å²) in [6, 6.07) is 13.0. The number of likely N-dealkylation sites (tertiary alicyclic amines) is 1. The normalized spacial score (nSPS) is 16.9. The number of hydrogen-bond acceptors (Lipinski definition) is 6. The van der Waals surface area contributed by atoms with Crippen LogP contribution in [0.3, 0.4) is 0 Å². The number of carbonyl (C=O) groups excluding carboxylic acids is 1. The van der Waals surface area contributed by atoms with Gasteiger partial charge in [-0.15, -0.1) is 0 Å². The monoisotopic (exact) mass is 364 g/mol. The summed E-state index contributed by atoms with van der Waals surface area (Å²) in [4.78, 5) is 23.0. The molecular weight excluding hydrogens is 344 g/mol. The van der Waals surface area contributed by atoms with Crippen molar-refractivity contribution in [2.45, 2.75) is 25.4 Å². The highest BCUT2D eigenvalue weighted by Gasteiger charge is 2.28. The van der Waals surface area contributed by atoms with Crippen molar-refractivity contribution in [2.24, 2.45) is 0 Å². The van der Waals surface area contributed by atoms with Gasteiger partial charge in [-0.2, -0.15) is 4.98 Å². The molecular formula is C20H20N4O3. The fraction of sp³-hybridized carbons (Fsp3) is 0.300. The number of para-hydroxylation sites is 1. The van der Waals surface area contributed by atoms with Crippen LogP contribution in [0.15, 0.2) is 59.4 Å². The number of rotatable bonds is 5. The Hall–Kier alpha value is -3.22. The van der Waals surface area contributed by atoms with E-state index in [4.69, 9.17) is 9.26 Å². The van der Waals surface area contributed by atoms with E-state index in [-0.39, 0.29) is 18.4 Å². The smallest absolute Gasteiger partial charge is 0.264 e. The zero-order valence-corrected chi connectivity index (χ0v) is 14.8. The molecule has 0 saturated carbocycles. The van der Waals surface area contributed by atoms with Crippen molar-refractivity contribution in [2.75, 3.05) is 13.1 Å². The quantitative estimate of drug-likeness (QED) is 0.692. The van der Waals surface area contributed by atoms with Crippen LogP contribution in [0.1, 0.15) is 40.8 Å². The van der Waals surface area contributed by atoms with E-state index in [2.05, 4.69) is 15.1 Å². The van der Waals surface area contributed by atoms with E-state index in [1.54, 1.807) is 24.5 Å². The van der Waals surface area contributed by atoms with Crippen LogP contribution >= 0.6 is 0 Å². The Labute approximate surface area is 157 Å². The number of carbonyl (C=O) groups is 1. The molecule has 138 valence electrons. The van der Waals surface area contributed by atoms with Crippen LogP contribution in [0.2, 0.25) is 0 Å². The SMILES string of the molecule is O=C(c1cccnc1)N1CCCC(c2noc(COc3ccccc3)n2)C1. The van der Waals surface area contributed by atoms with Crippen LogP contribution in [0.25, 0.3) is 0 Å². The lowest BCUT2D eigenvalue weighted by Crippen LogP contribution is -2.39. The maximum Gasteiger partial charge on any atom is 0.264 e. The van der Waals surface area contributed by atoms with Gasteiger partial charge in [0.15, 0.2) is 12.4 Å². The minimum atomic E-state index is -0.0103. The van der Waals surface area contributed by atoms with Gasteiger partial charge in [-0.25, -0.2) is 0 Å². The first-order valence-electron chi connectivity index (χ1n) is 8.99. The number of nitrogens with zero attached hydrogens (tertiary/aromatic N) is 4. The third kappa shape index (κ3) is 4.13. The minimum absolute atomic E-state index is 0.0103. The molecule has 1 fully saturated rings. The van der Waals surface area contributed by atoms with E-state index in [0.717, 1.165) is 25.1 Å². The Morgan fingerprint density at radius 1 is 1.22 bits per heavy atom. The van der Waals surface area contributed by atoms with Crippen LogP contribution < -0.4 is 4.74 Å². The average Bonchev–Trinajstić information content (AvgIpc) is 3.22. The number of pyridine rings is 1. The second-order valence-electron chi connectivity index (χ2n) is 6.48. The van der Waals surface area contributed by atoms with E-state index >= 15 is 0 Å². The van der Waals surface area contributed by atoms with Gasteiger partial charge in [-0.1, -0.05) is 23.4 Å². The molecule has 7 nitrogen and oxygen atoms in total. The predicted molar refractivity (Wildman–Crippen MR) is 97.2 cm³/mol. The van der Waals surface area contributed by atoms with Crippen molar-refractivity contribution in [3.05, 3.63) is 72.1 Å². The molecule has 27 heavy (non-hydrogen) atoms. The molecule has 1 aromatic carbocycles. The maximum absolute atomic E-state index is 12.6. The average molecular weight is 364 g/mol. The van der Waals surface area contributed by atoms with E-state index < -0.39 is 0 Å². The number of amides is 1. The van der Waals surface area contributed by atoms with E-state index in [1.165, 1.54) is 0 Å². The topological polar surface area (TPSA) is 81.4 Å². The van der Waals surface area contributed by atoms with Gasteiger partial charge in [0.25, 0.3) is 11.8 Å². The Balaban J connectivity index is 1.38. The second kappa shape index (κ2) is 7.99. The van der Waals surface area contributed by atoms with Gasteiger partial charge < -0.3 is 14.2 Å². The van der Waals surface area contributed by atoms with Gasteiger partial charge in [0.05, 0.1) is 5.56 Å². The van der Waals surface area contributed by atoms with Crippen molar-refractivity contribution >= 4 is 5.91 Å². The van der Waals surface area contributed by atoms with Gasteiger partial charge in [0, 0.05) is 31.4 Å². The number of piperidine rings is 1. The fourth-order valence-corrected chi connectivity index (χ4v) is 3.20. The van der Waals surface area contributed by atoms with E-state index in [0.29, 0.717) is 23.8 Å². The highest BCUT2D eigenvalue weighted by atomic mass is 16.5. The van der Waals surface area contributed by atoms with Gasteiger partial charge in [0.1, 0.15) is 5.75 Å². The molecule has 7 heteroatoms. The molecule has 0 aliphatic carbocycles. The minimum Gasteiger partial charge on any atom is -0.484 e. The van der Waals surface area contributed by atoms with Crippen LogP contribution in [0.4, 0.5) is 0 Å². The molecule has 2 aromatic heterocycles. The summed E-state index contributed by atoms with van der Waals surface area (Å²) in [5, 5.41) is 4.10. The molecule has 1 amide bonds. The molecule has 1 aliphatic rings. The van der Waals surface area contributed by atoms with Gasteiger partial charge >= 0.3 is 0 Å². The third-order valence-corrected chi connectivity index (χ3v) is 4.57. The predicted octanol–water partition coefficient (Wildman–Crippen LogP) is 3.06. The molecule has 1 unspecified atom stereocenters. The molecule has 0 radical (unpaired) electrons. The van der Waals surface area contributed by atoms with Gasteiger partial charge in [0.2, 0.25) is 0 Å². The van der Waals surface area contributed by atoms with Crippen LogP contribution in [0, 0.1) is 0 Å². The Morgan fingerprint density at radius 3 is 2.93 bits per heavy atom. The Bertz CT molecular complexity index is 883. The summed E-state index contributed by atoms with van der Waals surface area (Å²) < 4.78 is 11.0. The molecule has 1 aliphatic heterocycles.